The van der Waals surface area contributed by atoms with Crippen LogP contribution in [0.2, 0.25) is 0 Å². The minimum atomic E-state index is -2.95. The van der Waals surface area contributed by atoms with Crippen molar-refractivity contribution in [3.05, 3.63) is 10.8 Å². The van der Waals surface area contributed by atoms with Gasteiger partial charge in [-0.1, -0.05) is 0 Å². The number of nitrogens with zero attached hydrogens (tertiary/aromatic N) is 2. The van der Waals surface area contributed by atoms with Crippen molar-refractivity contribution < 1.29 is 8.42 Å². The molecule has 0 aliphatic carbocycles. The molecule has 4 N–H and O–H groups in total. The second kappa shape index (κ2) is 5.37. The van der Waals surface area contributed by atoms with E-state index in [4.69, 9.17) is 5.84 Å². The summed E-state index contributed by atoms with van der Waals surface area (Å²) in [6.07, 6.45) is 2.78. The Hall–Kier alpha value is -0.930. The summed E-state index contributed by atoms with van der Waals surface area (Å²) in [5.74, 6) is 6.54. The topological polar surface area (TPSA) is 110 Å². The van der Waals surface area contributed by atoms with Crippen molar-refractivity contribution in [2.75, 3.05) is 23.0 Å². The molecule has 2 heterocycles. The van der Waals surface area contributed by atoms with Crippen molar-refractivity contribution in [3.8, 4) is 0 Å². The number of nitrogens with one attached hydrogen (secondary N) is 2. The third kappa shape index (κ3) is 2.73. The van der Waals surface area contributed by atoms with Gasteiger partial charge < -0.3 is 10.7 Å². The zero-order chi connectivity index (χ0) is 13.2. The largest absolute Gasteiger partial charge is 0.368 e. The summed E-state index contributed by atoms with van der Waals surface area (Å²) >= 11 is 3.30. The number of rotatable bonds is 4. The molecule has 9 heteroatoms. The van der Waals surface area contributed by atoms with Crippen LogP contribution in [-0.2, 0) is 9.84 Å². The van der Waals surface area contributed by atoms with E-state index in [0.717, 1.165) is 6.42 Å². The monoisotopic (exact) mass is 335 g/mol. The first-order valence-electron chi connectivity index (χ1n) is 5.47. The lowest BCUT2D eigenvalue weighted by molar-refractivity contribution is 0.591. The highest BCUT2D eigenvalue weighted by molar-refractivity contribution is 9.10. The average molecular weight is 336 g/mol. The third-order valence-electron chi connectivity index (χ3n) is 2.89. The van der Waals surface area contributed by atoms with Crippen LogP contribution in [0.1, 0.15) is 12.8 Å². The molecule has 0 saturated carbocycles. The molecule has 0 aromatic carbocycles. The highest BCUT2D eigenvalue weighted by atomic mass is 79.9. The van der Waals surface area contributed by atoms with E-state index < -0.39 is 9.84 Å². The van der Waals surface area contributed by atoms with Crippen molar-refractivity contribution in [1.29, 1.82) is 0 Å². The molecule has 1 saturated heterocycles. The van der Waals surface area contributed by atoms with E-state index >= 15 is 0 Å². The molecule has 0 amide bonds. The number of sulfone groups is 1. The normalized spacial score (nSPS) is 21.8. The maximum Gasteiger partial charge on any atom is 0.159 e. The van der Waals surface area contributed by atoms with E-state index in [9.17, 15) is 8.42 Å². The lowest BCUT2D eigenvalue weighted by atomic mass is 10.2. The fraction of sp³-hybridized carbons (Fsp3) is 0.556. The number of hydrogen-bond donors (Lipinski definition) is 3. The molecule has 1 aromatic heterocycles. The van der Waals surface area contributed by atoms with Gasteiger partial charge in [0, 0.05) is 6.54 Å². The molecule has 1 unspecified atom stereocenters. The second-order valence-corrected chi connectivity index (χ2v) is 7.23. The molecule has 7 nitrogen and oxygen atoms in total. The van der Waals surface area contributed by atoms with Crippen LogP contribution in [0.3, 0.4) is 0 Å². The number of nitrogens with two attached hydrogens (primary N) is 1. The summed E-state index contributed by atoms with van der Waals surface area (Å²) in [6.45, 7) is 0.349. The molecule has 100 valence electrons. The van der Waals surface area contributed by atoms with Crippen LogP contribution in [-0.4, -0.2) is 35.9 Å². The summed E-state index contributed by atoms with van der Waals surface area (Å²) in [7, 11) is -2.95. The summed E-state index contributed by atoms with van der Waals surface area (Å²) in [5, 5.41) is 2.67. The number of aromatic nitrogens is 2. The molecule has 0 radical (unpaired) electrons. The van der Waals surface area contributed by atoms with Crippen molar-refractivity contribution in [2.24, 2.45) is 5.84 Å². The first-order chi connectivity index (χ1) is 8.54. The third-order valence-corrected chi connectivity index (χ3v) is 5.91. The Morgan fingerprint density at radius 3 is 2.78 bits per heavy atom. The Morgan fingerprint density at radius 2 is 2.17 bits per heavy atom. The van der Waals surface area contributed by atoms with Crippen molar-refractivity contribution in [3.63, 3.8) is 0 Å². The van der Waals surface area contributed by atoms with Gasteiger partial charge in [-0.3, -0.25) is 0 Å². The number of halogens is 1. The summed E-state index contributed by atoms with van der Waals surface area (Å²) in [5.41, 5.74) is 2.42. The Balaban J connectivity index is 2.07. The Bertz CT molecular complexity index is 536. The molecule has 2 rings (SSSR count). The maximum atomic E-state index is 11.7. The molecular weight excluding hydrogens is 322 g/mol. The molecule has 18 heavy (non-hydrogen) atoms. The highest BCUT2D eigenvalue weighted by Gasteiger charge is 2.31. The Labute approximate surface area is 114 Å². The molecule has 0 bridgehead atoms. The van der Waals surface area contributed by atoms with Gasteiger partial charge in [-0.05, 0) is 28.8 Å². The molecule has 1 aliphatic heterocycles. The maximum absolute atomic E-state index is 11.7. The summed E-state index contributed by atoms with van der Waals surface area (Å²) in [4.78, 5) is 7.95. The van der Waals surface area contributed by atoms with Gasteiger partial charge in [0.25, 0.3) is 0 Å². The fourth-order valence-electron chi connectivity index (χ4n) is 1.89. The zero-order valence-corrected chi connectivity index (χ0v) is 12.0. The van der Waals surface area contributed by atoms with Gasteiger partial charge in [0.15, 0.2) is 15.7 Å². The second-order valence-electron chi connectivity index (χ2n) is 4.04. The van der Waals surface area contributed by atoms with Crippen LogP contribution >= 0.6 is 15.9 Å². The SMILES string of the molecule is NNc1ncnc(NCC2CCCS2(=O)=O)c1Br. The van der Waals surface area contributed by atoms with E-state index in [1.54, 1.807) is 0 Å². The Morgan fingerprint density at radius 1 is 1.44 bits per heavy atom. The fourth-order valence-corrected chi connectivity index (χ4v) is 4.12. The predicted octanol–water partition coefficient (Wildman–Crippen LogP) is 0.514. The van der Waals surface area contributed by atoms with Crippen LogP contribution in [0.25, 0.3) is 0 Å². The lowest BCUT2D eigenvalue weighted by Crippen LogP contribution is -2.25. The molecule has 1 aromatic rings. The van der Waals surface area contributed by atoms with Gasteiger partial charge in [0.05, 0.1) is 11.0 Å². The van der Waals surface area contributed by atoms with E-state index in [0.29, 0.717) is 29.1 Å². The molecule has 1 atom stereocenters. The van der Waals surface area contributed by atoms with Gasteiger partial charge in [-0.25, -0.2) is 24.2 Å². The molecular formula is C9H14BrN5O2S. The van der Waals surface area contributed by atoms with Gasteiger partial charge >= 0.3 is 0 Å². The van der Waals surface area contributed by atoms with E-state index in [2.05, 4.69) is 36.6 Å². The minimum Gasteiger partial charge on any atom is -0.368 e. The average Bonchev–Trinajstić information content (AvgIpc) is 2.67. The zero-order valence-electron chi connectivity index (χ0n) is 9.56. The van der Waals surface area contributed by atoms with Crippen molar-refractivity contribution >= 4 is 37.4 Å². The molecule has 0 spiro atoms. The summed E-state index contributed by atoms with van der Waals surface area (Å²) < 4.78 is 23.9. The molecule has 1 fully saturated rings. The van der Waals surface area contributed by atoms with E-state index in [-0.39, 0.29) is 11.0 Å². The van der Waals surface area contributed by atoms with Crippen LogP contribution in [0, 0.1) is 0 Å². The highest BCUT2D eigenvalue weighted by Crippen LogP contribution is 2.27. The number of hydrogen-bond acceptors (Lipinski definition) is 7. The minimum absolute atomic E-state index is 0.278. The van der Waals surface area contributed by atoms with E-state index in [1.807, 2.05) is 0 Å². The quantitative estimate of drug-likeness (QED) is 0.543. The van der Waals surface area contributed by atoms with Crippen LogP contribution in [0.5, 0.6) is 0 Å². The molecule has 1 aliphatic rings. The van der Waals surface area contributed by atoms with Crippen LogP contribution < -0.4 is 16.6 Å². The van der Waals surface area contributed by atoms with Gasteiger partial charge in [0.2, 0.25) is 0 Å². The van der Waals surface area contributed by atoms with E-state index in [1.165, 1.54) is 6.33 Å². The summed E-state index contributed by atoms with van der Waals surface area (Å²) in [6, 6.07) is 0. The Kier molecular flexibility index (Phi) is 4.03. The van der Waals surface area contributed by atoms with Gasteiger partial charge in [-0.2, -0.15) is 0 Å². The number of nitrogen functional groups attached to an aromatic ring is 1. The standard InChI is InChI=1S/C9H14BrN5O2S/c10-7-8(13-5-14-9(7)15-11)12-4-6-2-1-3-18(6,16)17/h5-6H,1-4,11H2,(H2,12,13,14,15). The number of anilines is 2. The van der Waals surface area contributed by atoms with Crippen molar-refractivity contribution in [2.45, 2.75) is 18.1 Å². The first kappa shape index (κ1) is 13.5. The first-order valence-corrected chi connectivity index (χ1v) is 7.98. The van der Waals surface area contributed by atoms with Crippen molar-refractivity contribution in [1.82, 2.24) is 9.97 Å². The van der Waals surface area contributed by atoms with Crippen LogP contribution in [0.4, 0.5) is 11.6 Å². The van der Waals surface area contributed by atoms with Gasteiger partial charge in [-0.15, -0.1) is 0 Å². The number of hydrazine groups is 1. The van der Waals surface area contributed by atoms with Crippen LogP contribution in [0.15, 0.2) is 10.8 Å². The van der Waals surface area contributed by atoms with Gasteiger partial charge in [0.1, 0.15) is 16.6 Å². The lowest BCUT2D eigenvalue weighted by Gasteiger charge is -2.13. The smallest absolute Gasteiger partial charge is 0.159 e. The predicted molar refractivity (Wildman–Crippen MR) is 72.8 cm³/mol.